The van der Waals surface area contributed by atoms with Crippen LogP contribution in [0.5, 0.6) is 0 Å². The van der Waals surface area contributed by atoms with Gasteiger partial charge < -0.3 is 4.74 Å². The molecule has 0 aliphatic rings. The minimum Gasteiger partial charge on any atom is -0.457 e. The van der Waals surface area contributed by atoms with Crippen LogP contribution in [0.2, 0.25) is 0 Å². The van der Waals surface area contributed by atoms with Crippen molar-refractivity contribution in [3.63, 3.8) is 0 Å². The van der Waals surface area contributed by atoms with Crippen LogP contribution >= 0.6 is 15.9 Å². The standard InChI is InChI=1S/C15H11BrF3NO4S/c16-13-6-5-10(25(20,22)23)7-11(13)14(21)24-8-9-3-1-2-4-12(9)15(17,18)19/h1-7H,8H2,(H2,20,22,23). The van der Waals surface area contributed by atoms with Gasteiger partial charge in [0.15, 0.2) is 0 Å². The van der Waals surface area contributed by atoms with Gasteiger partial charge in [0.1, 0.15) is 6.61 Å². The molecule has 0 spiro atoms. The van der Waals surface area contributed by atoms with Crippen LogP contribution in [0.15, 0.2) is 51.8 Å². The summed E-state index contributed by atoms with van der Waals surface area (Å²) >= 11 is 3.05. The Bertz CT molecular complexity index is 913. The summed E-state index contributed by atoms with van der Waals surface area (Å²) in [6.45, 7) is -0.624. The van der Waals surface area contributed by atoms with Crippen LogP contribution in [0.1, 0.15) is 21.5 Å². The van der Waals surface area contributed by atoms with E-state index in [0.717, 1.165) is 12.1 Å². The summed E-state index contributed by atoms with van der Waals surface area (Å²) < 4.78 is 66.5. The number of carbonyl (C=O) groups excluding carboxylic acids is 1. The lowest BCUT2D eigenvalue weighted by Crippen LogP contribution is -2.15. The van der Waals surface area contributed by atoms with E-state index in [2.05, 4.69) is 15.9 Å². The number of hydrogen-bond acceptors (Lipinski definition) is 4. The summed E-state index contributed by atoms with van der Waals surface area (Å²) in [6.07, 6.45) is -4.59. The molecule has 0 fully saturated rings. The molecule has 25 heavy (non-hydrogen) atoms. The smallest absolute Gasteiger partial charge is 0.416 e. The molecule has 2 aromatic rings. The van der Waals surface area contributed by atoms with Crippen LogP contribution in [-0.4, -0.2) is 14.4 Å². The molecule has 0 atom stereocenters. The molecule has 2 N–H and O–H groups in total. The normalized spacial score (nSPS) is 12.0. The van der Waals surface area contributed by atoms with Crippen LogP contribution in [0.25, 0.3) is 0 Å². The minimum absolute atomic E-state index is 0.170. The molecule has 0 aliphatic heterocycles. The Hall–Kier alpha value is -1.91. The molecule has 0 aliphatic carbocycles. The zero-order valence-corrected chi connectivity index (χ0v) is 14.8. The number of rotatable bonds is 4. The molecule has 0 heterocycles. The Labute approximate surface area is 149 Å². The van der Waals surface area contributed by atoms with Gasteiger partial charge >= 0.3 is 12.1 Å². The van der Waals surface area contributed by atoms with Gasteiger partial charge in [-0.25, -0.2) is 18.4 Å². The SMILES string of the molecule is NS(=O)(=O)c1ccc(Br)c(C(=O)OCc2ccccc2C(F)(F)F)c1. The summed E-state index contributed by atoms with van der Waals surface area (Å²) in [7, 11) is -4.05. The quantitative estimate of drug-likeness (QED) is 0.741. The number of primary sulfonamides is 1. The third kappa shape index (κ3) is 4.80. The molecule has 2 rings (SSSR count). The van der Waals surface area contributed by atoms with Gasteiger partial charge in [0.25, 0.3) is 0 Å². The van der Waals surface area contributed by atoms with Crippen molar-refractivity contribution in [1.29, 1.82) is 0 Å². The van der Waals surface area contributed by atoms with Crippen LogP contribution in [-0.2, 0) is 27.5 Å². The van der Waals surface area contributed by atoms with Gasteiger partial charge in [-0.15, -0.1) is 0 Å². The molecule has 0 amide bonds. The van der Waals surface area contributed by atoms with Crippen molar-refractivity contribution in [3.05, 3.63) is 63.6 Å². The fourth-order valence-corrected chi connectivity index (χ4v) is 2.93. The van der Waals surface area contributed by atoms with Gasteiger partial charge in [-0.2, -0.15) is 13.2 Å². The zero-order chi connectivity index (χ0) is 18.8. The molecule has 0 unspecified atom stereocenters. The first kappa shape index (κ1) is 19.4. The lowest BCUT2D eigenvalue weighted by molar-refractivity contribution is -0.138. The van der Waals surface area contributed by atoms with Gasteiger partial charge in [0.2, 0.25) is 10.0 Å². The number of carbonyl (C=O) groups is 1. The fraction of sp³-hybridized carbons (Fsp3) is 0.133. The third-order valence-corrected chi connectivity index (χ3v) is 4.77. The Balaban J connectivity index is 2.25. The number of nitrogens with two attached hydrogens (primary N) is 1. The van der Waals surface area contributed by atoms with Gasteiger partial charge in [-0.3, -0.25) is 0 Å². The molecule has 134 valence electrons. The third-order valence-electron chi connectivity index (χ3n) is 3.17. The molecule has 2 aromatic carbocycles. The highest BCUT2D eigenvalue weighted by Gasteiger charge is 2.33. The molecule has 0 bridgehead atoms. The Morgan fingerprint density at radius 3 is 2.40 bits per heavy atom. The second-order valence-corrected chi connectivity index (χ2v) is 7.33. The highest BCUT2D eigenvalue weighted by atomic mass is 79.9. The first-order valence-electron chi connectivity index (χ1n) is 6.64. The molecule has 0 aromatic heterocycles. The Morgan fingerprint density at radius 2 is 1.80 bits per heavy atom. The number of halogens is 4. The maximum atomic E-state index is 12.9. The molecular formula is C15H11BrF3NO4S. The van der Waals surface area contributed by atoms with E-state index in [1.807, 2.05) is 0 Å². The maximum absolute atomic E-state index is 12.9. The van der Waals surface area contributed by atoms with E-state index in [9.17, 15) is 26.4 Å². The largest absolute Gasteiger partial charge is 0.457 e. The van der Waals surface area contributed by atoms with E-state index in [0.29, 0.717) is 0 Å². The number of esters is 1. The topological polar surface area (TPSA) is 86.5 Å². The number of ether oxygens (including phenoxy) is 1. The van der Waals surface area contributed by atoms with Crippen LogP contribution in [0.4, 0.5) is 13.2 Å². The highest BCUT2D eigenvalue weighted by molar-refractivity contribution is 9.10. The predicted octanol–water partition coefficient (Wildman–Crippen LogP) is 3.47. The lowest BCUT2D eigenvalue weighted by Gasteiger charge is -2.13. The van der Waals surface area contributed by atoms with Gasteiger partial charge in [-0.05, 0) is 40.2 Å². The minimum atomic E-state index is -4.59. The van der Waals surface area contributed by atoms with Crippen LogP contribution in [0, 0.1) is 0 Å². The second-order valence-electron chi connectivity index (χ2n) is 4.92. The van der Waals surface area contributed by atoms with Gasteiger partial charge in [-0.1, -0.05) is 18.2 Å². The molecule has 0 saturated carbocycles. The average molecular weight is 438 g/mol. The van der Waals surface area contributed by atoms with Crippen molar-refractivity contribution >= 4 is 31.9 Å². The first-order valence-corrected chi connectivity index (χ1v) is 8.98. The lowest BCUT2D eigenvalue weighted by atomic mass is 10.1. The number of sulfonamides is 1. The summed E-state index contributed by atoms with van der Waals surface area (Å²) in [5, 5.41) is 4.99. The van der Waals surface area contributed by atoms with E-state index in [1.165, 1.54) is 30.3 Å². The average Bonchev–Trinajstić information content (AvgIpc) is 2.51. The van der Waals surface area contributed by atoms with Crippen molar-refractivity contribution in [2.45, 2.75) is 17.7 Å². The van der Waals surface area contributed by atoms with Crippen LogP contribution < -0.4 is 5.14 Å². The highest BCUT2D eigenvalue weighted by Crippen LogP contribution is 2.32. The number of benzene rings is 2. The van der Waals surface area contributed by atoms with E-state index >= 15 is 0 Å². The van der Waals surface area contributed by atoms with E-state index < -0.39 is 34.3 Å². The number of hydrogen-bond donors (Lipinski definition) is 1. The van der Waals surface area contributed by atoms with Crippen LogP contribution in [0.3, 0.4) is 0 Å². The maximum Gasteiger partial charge on any atom is 0.416 e. The van der Waals surface area contributed by atoms with Crippen molar-refractivity contribution in [1.82, 2.24) is 0 Å². The number of alkyl halides is 3. The van der Waals surface area contributed by atoms with E-state index in [4.69, 9.17) is 9.88 Å². The molecule has 5 nitrogen and oxygen atoms in total. The Morgan fingerprint density at radius 1 is 1.16 bits per heavy atom. The second kappa shape index (κ2) is 7.14. The molecule has 0 saturated heterocycles. The van der Waals surface area contributed by atoms with Crippen molar-refractivity contribution in [3.8, 4) is 0 Å². The summed E-state index contributed by atoms with van der Waals surface area (Å²) in [4.78, 5) is 11.8. The van der Waals surface area contributed by atoms with Gasteiger partial charge in [0.05, 0.1) is 16.0 Å². The Kier molecular flexibility index (Phi) is 5.55. The van der Waals surface area contributed by atoms with Gasteiger partial charge in [0, 0.05) is 10.0 Å². The van der Waals surface area contributed by atoms with E-state index in [-0.39, 0.29) is 20.5 Å². The summed E-state index contributed by atoms with van der Waals surface area (Å²) in [5.74, 6) is -0.991. The molecule has 0 radical (unpaired) electrons. The van der Waals surface area contributed by atoms with Crippen molar-refractivity contribution in [2.24, 2.45) is 5.14 Å². The summed E-state index contributed by atoms with van der Waals surface area (Å²) in [6, 6.07) is 8.11. The van der Waals surface area contributed by atoms with Crippen molar-refractivity contribution < 1.29 is 31.1 Å². The zero-order valence-electron chi connectivity index (χ0n) is 12.4. The molecular weight excluding hydrogens is 427 g/mol. The predicted molar refractivity (Wildman–Crippen MR) is 86.1 cm³/mol. The first-order chi connectivity index (χ1) is 11.5. The summed E-state index contributed by atoms with van der Waals surface area (Å²) in [5.41, 5.74) is -1.31. The molecule has 10 heteroatoms. The monoisotopic (exact) mass is 437 g/mol. The van der Waals surface area contributed by atoms with Crippen molar-refractivity contribution in [2.75, 3.05) is 0 Å². The van der Waals surface area contributed by atoms with E-state index in [1.54, 1.807) is 0 Å². The fourth-order valence-electron chi connectivity index (χ4n) is 1.98.